The molecule has 4 rings (SSSR count). The minimum absolute atomic E-state index is 0.00210. The molecule has 4 fully saturated rings. The molecule has 4 aliphatic rings. The summed E-state index contributed by atoms with van der Waals surface area (Å²) in [5.41, 5.74) is -2.06. The minimum atomic E-state index is -0.971. The summed E-state index contributed by atoms with van der Waals surface area (Å²) in [5.74, 6) is -0.237. The second kappa shape index (κ2) is 5.20. The Kier molecular flexibility index (Phi) is 3.69. The topological polar surface area (TPSA) is 98.0 Å². The average Bonchev–Trinajstić information content (AvgIpc) is 2.73. The first-order valence-corrected chi connectivity index (χ1v) is 9.84. The van der Waals surface area contributed by atoms with Crippen molar-refractivity contribution in [3.63, 3.8) is 0 Å². The van der Waals surface area contributed by atoms with Crippen molar-refractivity contribution < 1.29 is 25.2 Å². The van der Waals surface area contributed by atoms with E-state index in [-0.39, 0.29) is 29.3 Å². The number of carbonyl (C=O) groups is 1. The summed E-state index contributed by atoms with van der Waals surface area (Å²) in [7, 11) is 0. The minimum Gasteiger partial charge on any atom is -0.481 e. The summed E-state index contributed by atoms with van der Waals surface area (Å²) < 4.78 is 0. The van der Waals surface area contributed by atoms with Crippen molar-refractivity contribution in [2.45, 2.75) is 76.9 Å². The van der Waals surface area contributed by atoms with Gasteiger partial charge in [-0.25, -0.2) is 0 Å². The monoisotopic (exact) mass is 352 g/mol. The molecule has 0 aromatic rings. The highest BCUT2D eigenvalue weighted by atomic mass is 16.4. The van der Waals surface area contributed by atoms with Crippen molar-refractivity contribution in [1.82, 2.24) is 0 Å². The van der Waals surface area contributed by atoms with E-state index in [1.807, 2.05) is 6.92 Å². The van der Waals surface area contributed by atoms with Crippen LogP contribution in [0.2, 0.25) is 0 Å². The van der Waals surface area contributed by atoms with Gasteiger partial charge in [0.15, 0.2) is 0 Å². The number of hydrogen-bond donors (Lipinski definition) is 4. The first-order valence-electron chi connectivity index (χ1n) is 9.84. The smallest absolute Gasteiger partial charge is 0.309 e. The maximum absolute atomic E-state index is 12.1. The molecular formula is C20H32O5. The van der Waals surface area contributed by atoms with Gasteiger partial charge >= 0.3 is 5.97 Å². The van der Waals surface area contributed by atoms with Crippen LogP contribution in [0.4, 0.5) is 0 Å². The van der Waals surface area contributed by atoms with E-state index in [1.165, 1.54) is 0 Å². The SMILES string of the molecule is C[C@@]12C[C@H](O)C[C@@](C)(C(=O)O)C1CC[C@@]13C[C@H](CCC12)[C@@](O)(CO)C3. The third-order valence-corrected chi connectivity index (χ3v) is 9.00. The molecule has 0 aliphatic heterocycles. The number of fused-ring (bicyclic) bond motifs is 3. The van der Waals surface area contributed by atoms with Crippen LogP contribution in [0.1, 0.15) is 65.2 Å². The van der Waals surface area contributed by atoms with Crippen LogP contribution in [0.25, 0.3) is 0 Å². The number of aliphatic hydroxyl groups excluding tert-OH is 2. The summed E-state index contributed by atoms with van der Waals surface area (Å²) in [6.45, 7) is 3.84. The molecule has 4 aliphatic carbocycles. The lowest BCUT2D eigenvalue weighted by atomic mass is 9.40. The lowest BCUT2D eigenvalue weighted by Gasteiger charge is -2.64. The Hall–Kier alpha value is -0.650. The van der Waals surface area contributed by atoms with Gasteiger partial charge in [-0.3, -0.25) is 4.79 Å². The maximum atomic E-state index is 12.1. The van der Waals surface area contributed by atoms with Gasteiger partial charge in [0.25, 0.3) is 0 Å². The van der Waals surface area contributed by atoms with Crippen molar-refractivity contribution in [2.24, 2.45) is 34.0 Å². The highest BCUT2D eigenvalue weighted by Crippen LogP contribution is 2.72. The van der Waals surface area contributed by atoms with Crippen molar-refractivity contribution in [1.29, 1.82) is 0 Å². The molecule has 8 atom stereocenters. The number of aliphatic hydroxyl groups is 3. The fraction of sp³-hybridized carbons (Fsp3) is 0.950. The molecule has 0 radical (unpaired) electrons. The Labute approximate surface area is 149 Å². The fourth-order valence-electron chi connectivity index (χ4n) is 8.18. The van der Waals surface area contributed by atoms with Gasteiger partial charge in [0, 0.05) is 0 Å². The van der Waals surface area contributed by atoms with Crippen molar-refractivity contribution in [2.75, 3.05) is 6.61 Å². The quantitative estimate of drug-likeness (QED) is 0.611. The number of hydrogen-bond acceptors (Lipinski definition) is 4. The third kappa shape index (κ3) is 2.15. The van der Waals surface area contributed by atoms with Crippen LogP contribution < -0.4 is 0 Å². The molecule has 2 unspecified atom stereocenters. The van der Waals surface area contributed by atoms with E-state index in [4.69, 9.17) is 0 Å². The summed E-state index contributed by atoms with van der Waals surface area (Å²) >= 11 is 0. The van der Waals surface area contributed by atoms with Crippen molar-refractivity contribution in [3.05, 3.63) is 0 Å². The fourth-order valence-corrected chi connectivity index (χ4v) is 8.18. The van der Waals surface area contributed by atoms with Crippen LogP contribution in [-0.2, 0) is 4.79 Å². The predicted octanol–water partition coefficient (Wildman–Crippen LogP) is 2.18. The summed E-state index contributed by atoms with van der Waals surface area (Å²) in [6.07, 6.45) is 5.65. The molecule has 0 aromatic carbocycles. The van der Waals surface area contributed by atoms with Gasteiger partial charge in [-0.1, -0.05) is 6.92 Å². The Balaban J connectivity index is 1.75. The average molecular weight is 352 g/mol. The van der Waals surface area contributed by atoms with Gasteiger partial charge in [0.2, 0.25) is 0 Å². The summed E-state index contributed by atoms with van der Waals surface area (Å²) in [4.78, 5) is 12.1. The number of carboxylic acids is 1. The highest BCUT2D eigenvalue weighted by molar-refractivity contribution is 5.75. The maximum Gasteiger partial charge on any atom is 0.309 e. The standard InChI is InChI=1S/C20H32O5/c1-17-8-13(22)9-18(2,16(23)24)14(17)5-6-19-7-12(3-4-15(17)19)20(25,10-19)11-21/h12-15,21-22,25H,3-11H2,1-2H3,(H,23,24)/t12-,13-,14?,15?,17+,18+,19-,20-/m0/s1. The normalized spacial score (nSPS) is 57.6. The number of rotatable bonds is 2. The summed E-state index contributed by atoms with van der Waals surface area (Å²) in [6, 6.07) is 0. The van der Waals surface area contributed by atoms with Gasteiger partial charge in [-0.05, 0) is 86.9 Å². The van der Waals surface area contributed by atoms with Gasteiger partial charge in [-0.15, -0.1) is 0 Å². The van der Waals surface area contributed by atoms with Crippen LogP contribution in [0.15, 0.2) is 0 Å². The lowest BCUT2D eigenvalue weighted by Crippen LogP contribution is -2.60. The molecule has 2 bridgehead atoms. The Bertz CT molecular complexity index is 593. The predicted molar refractivity (Wildman–Crippen MR) is 91.7 cm³/mol. The molecule has 5 heteroatoms. The van der Waals surface area contributed by atoms with E-state index in [2.05, 4.69) is 6.92 Å². The zero-order valence-corrected chi connectivity index (χ0v) is 15.4. The van der Waals surface area contributed by atoms with Crippen LogP contribution in [-0.4, -0.2) is 44.7 Å². The van der Waals surface area contributed by atoms with Crippen LogP contribution >= 0.6 is 0 Å². The second-order valence-corrected chi connectivity index (χ2v) is 10.2. The van der Waals surface area contributed by atoms with Crippen LogP contribution in [0.5, 0.6) is 0 Å². The molecule has 5 nitrogen and oxygen atoms in total. The molecular weight excluding hydrogens is 320 g/mol. The molecule has 0 aromatic heterocycles. The Morgan fingerprint density at radius 2 is 1.80 bits per heavy atom. The molecule has 25 heavy (non-hydrogen) atoms. The molecule has 0 heterocycles. The van der Waals surface area contributed by atoms with E-state index in [0.29, 0.717) is 25.2 Å². The third-order valence-electron chi connectivity index (χ3n) is 9.00. The Morgan fingerprint density at radius 3 is 2.44 bits per heavy atom. The van der Waals surface area contributed by atoms with E-state index < -0.39 is 23.1 Å². The van der Waals surface area contributed by atoms with Crippen LogP contribution in [0, 0.1) is 34.0 Å². The van der Waals surface area contributed by atoms with E-state index >= 15 is 0 Å². The molecule has 0 saturated heterocycles. The molecule has 4 saturated carbocycles. The molecule has 142 valence electrons. The van der Waals surface area contributed by atoms with Crippen molar-refractivity contribution >= 4 is 5.97 Å². The Morgan fingerprint density at radius 1 is 1.08 bits per heavy atom. The van der Waals surface area contributed by atoms with Gasteiger partial charge in [-0.2, -0.15) is 0 Å². The first kappa shape index (κ1) is 17.7. The largest absolute Gasteiger partial charge is 0.481 e. The molecule has 1 spiro atoms. The summed E-state index contributed by atoms with van der Waals surface area (Å²) in [5, 5.41) is 41.2. The highest BCUT2D eigenvalue weighted by Gasteiger charge is 2.69. The van der Waals surface area contributed by atoms with E-state index in [9.17, 15) is 25.2 Å². The first-order chi connectivity index (χ1) is 11.6. The van der Waals surface area contributed by atoms with E-state index in [1.54, 1.807) is 0 Å². The van der Waals surface area contributed by atoms with Crippen LogP contribution in [0.3, 0.4) is 0 Å². The number of aliphatic carboxylic acids is 1. The van der Waals surface area contributed by atoms with E-state index in [0.717, 1.165) is 32.1 Å². The van der Waals surface area contributed by atoms with Gasteiger partial charge < -0.3 is 20.4 Å². The number of carboxylic acid groups (broad SMARTS) is 1. The lowest BCUT2D eigenvalue weighted by molar-refractivity contribution is -0.195. The van der Waals surface area contributed by atoms with Gasteiger partial charge in [0.1, 0.15) is 0 Å². The zero-order chi connectivity index (χ0) is 18.3. The second-order valence-electron chi connectivity index (χ2n) is 10.2. The van der Waals surface area contributed by atoms with Gasteiger partial charge in [0.05, 0.1) is 23.7 Å². The molecule has 4 N–H and O–H groups in total. The van der Waals surface area contributed by atoms with Crippen molar-refractivity contribution in [3.8, 4) is 0 Å². The zero-order valence-electron chi connectivity index (χ0n) is 15.4. The molecule has 0 amide bonds.